The molecule has 1 aliphatic rings. The second-order valence-electron chi connectivity index (χ2n) is 6.23. The summed E-state index contributed by atoms with van der Waals surface area (Å²) in [7, 11) is 0. The summed E-state index contributed by atoms with van der Waals surface area (Å²) >= 11 is 0. The molecule has 1 aromatic carbocycles. The van der Waals surface area contributed by atoms with Gasteiger partial charge in [0.15, 0.2) is 5.58 Å². The summed E-state index contributed by atoms with van der Waals surface area (Å²) in [6.45, 7) is 1.12. The lowest BCUT2D eigenvalue weighted by Crippen LogP contribution is -2.41. The summed E-state index contributed by atoms with van der Waals surface area (Å²) in [6, 6.07) is 10.6. The fourth-order valence-corrected chi connectivity index (χ4v) is 3.39. The van der Waals surface area contributed by atoms with Crippen LogP contribution in [0.2, 0.25) is 0 Å². The molecule has 1 amide bonds. The van der Waals surface area contributed by atoms with Crippen LogP contribution >= 0.6 is 0 Å². The minimum atomic E-state index is -0.149. The average Bonchev–Trinajstić information content (AvgIpc) is 3.24. The fourth-order valence-electron chi connectivity index (χ4n) is 3.39. The molecule has 7 nitrogen and oxygen atoms in total. The van der Waals surface area contributed by atoms with E-state index < -0.39 is 0 Å². The summed E-state index contributed by atoms with van der Waals surface area (Å²) in [5.74, 6) is 0.00512. The second-order valence-corrected chi connectivity index (χ2v) is 6.23. The molecule has 1 saturated heterocycles. The maximum absolute atomic E-state index is 12.8. The third-order valence-electron chi connectivity index (χ3n) is 4.64. The van der Waals surface area contributed by atoms with Crippen molar-refractivity contribution in [3.63, 3.8) is 0 Å². The van der Waals surface area contributed by atoms with Gasteiger partial charge in [-0.2, -0.15) is 5.10 Å². The van der Waals surface area contributed by atoms with Gasteiger partial charge in [0, 0.05) is 24.2 Å². The number of hydrogen-bond acceptors (Lipinski definition) is 5. The standard InChI is InChI=1S/C18H18N4O3/c23-17-8-3-9-19-22(17)12-13-5-4-10-21(13)18(24)11-15-14-6-1-2-7-16(14)25-20-15/h1-3,6-9,13H,4-5,10-12H2. The predicted molar refractivity (Wildman–Crippen MR) is 90.9 cm³/mol. The lowest BCUT2D eigenvalue weighted by atomic mass is 10.1. The van der Waals surface area contributed by atoms with Gasteiger partial charge in [-0.15, -0.1) is 0 Å². The van der Waals surface area contributed by atoms with Crippen LogP contribution in [0.1, 0.15) is 18.5 Å². The van der Waals surface area contributed by atoms with Gasteiger partial charge in [0.25, 0.3) is 5.56 Å². The zero-order chi connectivity index (χ0) is 17.2. The smallest absolute Gasteiger partial charge is 0.266 e. The number of carbonyl (C=O) groups excluding carboxylic acids is 1. The van der Waals surface area contributed by atoms with Crippen LogP contribution in [0.4, 0.5) is 0 Å². The Morgan fingerprint density at radius 2 is 2.12 bits per heavy atom. The molecule has 1 unspecified atom stereocenters. The molecule has 1 fully saturated rings. The van der Waals surface area contributed by atoms with Gasteiger partial charge in [0.2, 0.25) is 5.91 Å². The highest BCUT2D eigenvalue weighted by Crippen LogP contribution is 2.22. The summed E-state index contributed by atoms with van der Waals surface area (Å²) in [5.41, 5.74) is 1.19. The van der Waals surface area contributed by atoms with Crippen molar-refractivity contribution in [3.05, 3.63) is 58.6 Å². The van der Waals surface area contributed by atoms with Crippen LogP contribution in [0.5, 0.6) is 0 Å². The van der Waals surface area contributed by atoms with Crippen molar-refractivity contribution in [2.75, 3.05) is 6.54 Å². The van der Waals surface area contributed by atoms with Gasteiger partial charge < -0.3 is 9.42 Å². The second kappa shape index (κ2) is 6.51. The molecule has 0 N–H and O–H groups in total. The molecule has 4 rings (SSSR count). The number of amides is 1. The zero-order valence-electron chi connectivity index (χ0n) is 13.7. The molecule has 0 aliphatic carbocycles. The van der Waals surface area contributed by atoms with Crippen LogP contribution in [0.15, 0.2) is 51.9 Å². The lowest BCUT2D eigenvalue weighted by Gasteiger charge is -2.24. The Morgan fingerprint density at radius 3 is 3.00 bits per heavy atom. The van der Waals surface area contributed by atoms with E-state index >= 15 is 0 Å². The quantitative estimate of drug-likeness (QED) is 0.722. The SMILES string of the molecule is O=C(Cc1noc2ccccc12)N1CCCC1Cn1ncccc1=O. The number of para-hydroxylation sites is 1. The molecule has 3 aromatic rings. The summed E-state index contributed by atoms with van der Waals surface area (Å²) in [5, 5.41) is 9.00. The Labute approximate surface area is 143 Å². The van der Waals surface area contributed by atoms with Gasteiger partial charge >= 0.3 is 0 Å². The number of aromatic nitrogens is 3. The maximum Gasteiger partial charge on any atom is 0.266 e. The van der Waals surface area contributed by atoms with E-state index in [9.17, 15) is 9.59 Å². The average molecular weight is 338 g/mol. The molecule has 7 heteroatoms. The monoisotopic (exact) mass is 338 g/mol. The zero-order valence-corrected chi connectivity index (χ0v) is 13.7. The van der Waals surface area contributed by atoms with Gasteiger partial charge in [0.1, 0.15) is 5.69 Å². The van der Waals surface area contributed by atoms with Gasteiger partial charge in [-0.1, -0.05) is 17.3 Å². The number of nitrogens with zero attached hydrogens (tertiary/aromatic N) is 4. The molecular formula is C18H18N4O3. The van der Waals surface area contributed by atoms with E-state index in [2.05, 4.69) is 10.3 Å². The number of benzene rings is 1. The maximum atomic E-state index is 12.8. The number of rotatable bonds is 4. The van der Waals surface area contributed by atoms with Crippen molar-refractivity contribution in [1.82, 2.24) is 19.8 Å². The minimum absolute atomic E-state index is 0.00512. The first-order chi connectivity index (χ1) is 12.2. The van der Waals surface area contributed by atoms with Crippen LogP contribution in [-0.2, 0) is 17.8 Å². The third kappa shape index (κ3) is 3.05. The number of fused-ring (bicyclic) bond motifs is 1. The topological polar surface area (TPSA) is 81.2 Å². The van der Waals surface area contributed by atoms with Crippen molar-refractivity contribution in [2.24, 2.45) is 0 Å². The molecule has 2 aromatic heterocycles. The van der Waals surface area contributed by atoms with E-state index in [1.165, 1.54) is 10.7 Å². The Balaban J connectivity index is 1.51. The Hall–Kier alpha value is -2.96. The summed E-state index contributed by atoms with van der Waals surface area (Å²) in [4.78, 5) is 26.5. The first kappa shape index (κ1) is 15.6. The molecule has 0 saturated carbocycles. The van der Waals surface area contributed by atoms with Crippen molar-refractivity contribution < 1.29 is 9.32 Å². The number of hydrogen-bond donors (Lipinski definition) is 0. The van der Waals surface area contributed by atoms with E-state index in [4.69, 9.17) is 4.52 Å². The fraction of sp³-hybridized carbons (Fsp3) is 0.333. The van der Waals surface area contributed by atoms with Crippen LogP contribution in [0.25, 0.3) is 11.0 Å². The van der Waals surface area contributed by atoms with Gasteiger partial charge in [-0.25, -0.2) is 4.68 Å². The van der Waals surface area contributed by atoms with Crippen molar-refractivity contribution in [1.29, 1.82) is 0 Å². The first-order valence-electron chi connectivity index (χ1n) is 8.37. The van der Waals surface area contributed by atoms with Gasteiger partial charge in [-0.3, -0.25) is 9.59 Å². The van der Waals surface area contributed by atoms with E-state index in [0.717, 1.165) is 18.2 Å². The molecule has 0 spiro atoms. The van der Waals surface area contributed by atoms with Gasteiger partial charge in [-0.05, 0) is 31.0 Å². The minimum Gasteiger partial charge on any atom is -0.356 e. The molecule has 0 bridgehead atoms. The van der Waals surface area contributed by atoms with E-state index in [1.54, 1.807) is 12.3 Å². The molecular weight excluding hydrogens is 320 g/mol. The Morgan fingerprint density at radius 1 is 1.24 bits per heavy atom. The Bertz CT molecular complexity index is 962. The molecule has 128 valence electrons. The van der Waals surface area contributed by atoms with E-state index in [0.29, 0.717) is 24.4 Å². The highest BCUT2D eigenvalue weighted by Gasteiger charge is 2.30. The molecule has 1 atom stereocenters. The third-order valence-corrected chi connectivity index (χ3v) is 4.64. The lowest BCUT2D eigenvalue weighted by molar-refractivity contribution is -0.131. The van der Waals surface area contributed by atoms with Crippen molar-refractivity contribution >= 4 is 16.9 Å². The first-order valence-corrected chi connectivity index (χ1v) is 8.37. The highest BCUT2D eigenvalue weighted by molar-refractivity contribution is 5.86. The van der Waals surface area contributed by atoms with Crippen molar-refractivity contribution in [2.45, 2.75) is 31.8 Å². The normalized spacial score (nSPS) is 17.3. The van der Waals surface area contributed by atoms with E-state index in [-0.39, 0.29) is 23.9 Å². The highest BCUT2D eigenvalue weighted by atomic mass is 16.5. The van der Waals surface area contributed by atoms with Crippen molar-refractivity contribution in [3.8, 4) is 0 Å². The van der Waals surface area contributed by atoms with Crippen LogP contribution in [-0.4, -0.2) is 38.3 Å². The number of likely N-dealkylation sites (tertiary alicyclic amines) is 1. The molecule has 3 heterocycles. The largest absolute Gasteiger partial charge is 0.356 e. The van der Waals surface area contributed by atoms with Gasteiger partial charge in [0.05, 0.1) is 19.0 Å². The van der Waals surface area contributed by atoms with Crippen LogP contribution in [0, 0.1) is 0 Å². The molecule has 0 radical (unpaired) electrons. The summed E-state index contributed by atoms with van der Waals surface area (Å²) in [6.07, 6.45) is 3.58. The van der Waals surface area contributed by atoms with Crippen LogP contribution < -0.4 is 5.56 Å². The molecule has 25 heavy (non-hydrogen) atoms. The molecule has 1 aliphatic heterocycles. The Kier molecular flexibility index (Phi) is 4.05. The van der Waals surface area contributed by atoms with E-state index in [1.807, 2.05) is 29.2 Å². The summed E-state index contributed by atoms with van der Waals surface area (Å²) < 4.78 is 6.69. The predicted octanol–water partition coefficient (Wildman–Crippen LogP) is 1.62. The number of carbonyl (C=O) groups is 1. The van der Waals surface area contributed by atoms with Crippen LogP contribution in [0.3, 0.4) is 0 Å².